The first-order chi connectivity index (χ1) is 16.5. The molecule has 0 aliphatic carbocycles. The van der Waals surface area contributed by atoms with Crippen molar-refractivity contribution in [1.29, 1.82) is 5.26 Å². The van der Waals surface area contributed by atoms with Crippen LogP contribution in [-0.2, 0) is 6.18 Å². The molecular weight excluding hydrogens is 461 g/mol. The fourth-order valence-corrected chi connectivity index (χ4v) is 3.88. The summed E-state index contributed by atoms with van der Waals surface area (Å²) in [6.07, 6.45) is -1.75. The van der Waals surface area contributed by atoms with Crippen molar-refractivity contribution in [2.75, 3.05) is 0 Å². The number of hydrogen-bond donors (Lipinski definition) is 0. The zero-order valence-electron chi connectivity index (χ0n) is 18.9. The number of rotatable bonds is 4. The minimum absolute atomic E-state index is 0.0240. The average Bonchev–Trinajstić information content (AvgIpc) is 3.28. The number of nitriles is 1. The molecule has 4 aromatic rings. The van der Waals surface area contributed by atoms with E-state index in [-0.39, 0.29) is 22.6 Å². The molecule has 0 saturated carbocycles. The van der Waals surface area contributed by atoms with E-state index in [4.69, 9.17) is 5.26 Å². The van der Waals surface area contributed by atoms with Gasteiger partial charge in [-0.15, -0.1) is 0 Å². The van der Waals surface area contributed by atoms with Crippen LogP contribution in [0.4, 0.5) is 13.2 Å². The minimum atomic E-state index is -4.61. The van der Waals surface area contributed by atoms with Crippen molar-refractivity contribution in [1.82, 2.24) is 23.9 Å². The lowest BCUT2D eigenvalue weighted by atomic mass is 10.1. The van der Waals surface area contributed by atoms with Crippen LogP contribution in [0.2, 0.25) is 0 Å². The van der Waals surface area contributed by atoms with E-state index < -0.39 is 29.0 Å². The van der Waals surface area contributed by atoms with Crippen LogP contribution in [0.1, 0.15) is 36.8 Å². The van der Waals surface area contributed by atoms with Crippen LogP contribution in [0.25, 0.3) is 22.6 Å². The highest BCUT2D eigenvalue weighted by atomic mass is 19.4. The Morgan fingerprint density at radius 2 is 1.80 bits per heavy atom. The predicted molar refractivity (Wildman–Crippen MR) is 121 cm³/mol. The number of alkyl halides is 3. The zero-order valence-corrected chi connectivity index (χ0v) is 18.9. The van der Waals surface area contributed by atoms with Crippen LogP contribution in [0, 0.1) is 18.3 Å². The molecular formula is C24H19F3N6O2. The lowest BCUT2D eigenvalue weighted by Gasteiger charge is -2.20. The molecule has 0 spiro atoms. The molecule has 0 aliphatic heterocycles. The molecule has 8 nitrogen and oxygen atoms in total. The van der Waals surface area contributed by atoms with Crippen molar-refractivity contribution < 1.29 is 13.2 Å². The Kier molecular flexibility index (Phi) is 5.90. The third-order valence-electron chi connectivity index (χ3n) is 5.48. The first-order valence-corrected chi connectivity index (χ1v) is 10.5. The highest BCUT2D eigenvalue weighted by Crippen LogP contribution is 2.31. The van der Waals surface area contributed by atoms with Gasteiger partial charge >= 0.3 is 11.9 Å². The summed E-state index contributed by atoms with van der Waals surface area (Å²) >= 11 is 0. The Morgan fingerprint density at radius 1 is 1.06 bits per heavy atom. The maximum absolute atomic E-state index is 13.5. The summed E-state index contributed by atoms with van der Waals surface area (Å²) in [6, 6.07) is 10.4. The Labute approximate surface area is 197 Å². The summed E-state index contributed by atoms with van der Waals surface area (Å²) in [4.78, 5) is 30.9. The van der Waals surface area contributed by atoms with Gasteiger partial charge in [0.2, 0.25) is 0 Å². The summed E-state index contributed by atoms with van der Waals surface area (Å²) in [7, 11) is 0. The van der Waals surface area contributed by atoms with Crippen molar-refractivity contribution in [2.45, 2.75) is 33.0 Å². The molecule has 0 N–H and O–H groups in total. The van der Waals surface area contributed by atoms with Crippen molar-refractivity contribution in [2.24, 2.45) is 0 Å². The molecule has 35 heavy (non-hydrogen) atoms. The Bertz CT molecular complexity index is 1570. The molecule has 0 amide bonds. The molecule has 0 aliphatic rings. The molecule has 0 bridgehead atoms. The maximum Gasteiger partial charge on any atom is 0.416 e. The van der Waals surface area contributed by atoms with Gasteiger partial charge < -0.3 is 0 Å². The summed E-state index contributed by atoms with van der Waals surface area (Å²) in [5.41, 5.74) is -1.09. The van der Waals surface area contributed by atoms with E-state index >= 15 is 0 Å². The first-order valence-electron chi connectivity index (χ1n) is 10.5. The lowest BCUT2D eigenvalue weighted by Crippen LogP contribution is -2.42. The molecule has 0 saturated heterocycles. The Morgan fingerprint density at radius 3 is 2.40 bits per heavy atom. The van der Waals surface area contributed by atoms with Gasteiger partial charge in [-0.25, -0.2) is 14.5 Å². The second kappa shape index (κ2) is 8.72. The largest absolute Gasteiger partial charge is 0.416 e. The van der Waals surface area contributed by atoms with E-state index in [1.165, 1.54) is 42.2 Å². The molecule has 11 heteroatoms. The number of pyridine rings is 1. The molecule has 3 aromatic heterocycles. The number of nitrogens with zero attached hydrogens (tertiary/aromatic N) is 6. The molecule has 4 rings (SSSR count). The third-order valence-corrected chi connectivity index (χ3v) is 5.48. The topological polar surface area (TPSA) is 98.5 Å². The second-order valence-corrected chi connectivity index (χ2v) is 8.04. The van der Waals surface area contributed by atoms with Crippen LogP contribution in [-0.4, -0.2) is 23.9 Å². The summed E-state index contributed by atoms with van der Waals surface area (Å²) in [5, 5.41) is 13.3. The monoisotopic (exact) mass is 480 g/mol. The first kappa shape index (κ1) is 23.7. The molecule has 3 heterocycles. The van der Waals surface area contributed by atoms with Gasteiger partial charge in [-0.05, 0) is 57.2 Å². The highest BCUT2D eigenvalue weighted by molar-refractivity contribution is 5.64. The van der Waals surface area contributed by atoms with E-state index in [0.29, 0.717) is 11.4 Å². The van der Waals surface area contributed by atoms with E-state index in [1.807, 2.05) is 6.07 Å². The smallest absolute Gasteiger partial charge is 0.268 e. The predicted octanol–water partition coefficient (Wildman–Crippen LogP) is 4.03. The highest BCUT2D eigenvalue weighted by Gasteiger charge is 2.31. The number of hydrogen-bond acceptors (Lipinski definition) is 5. The molecule has 0 radical (unpaired) electrons. The molecule has 0 fully saturated rings. The van der Waals surface area contributed by atoms with Gasteiger partial charge in [0.15, 0.2) is 0 Å². The summed E-state index contributed by atoms with van der Waals surface area (Å²) < 4.78 is 43.6. The fraction of sp³-hybridized carbons (Fsp3) is 0.208. The van der Waals surface area contributed by atoms with E-state index in [2.05, 4.69) is 10.1 Å². The SMILES string of the molecule is Cc1c(-c2ccnn2-c2ccc(C#N)nc2)c(=O)n(C(C)C)c(=O)n1-c1cccc(C(F)(F)F)c1. The average molecular weight is 480 g/mol. The second-order valence-electron chi connectivity index (χ2n) is 8.04. The van der Waals surface area contributed by atoms with Gasteiger partial charge in [0, 0.05) is 11.7 Å². The Hall–Kier alpha value is -4.46. The summed E-state index contributed by atoms with van der Waals surface area (Å²) in [6.45, 7) is 4.78. The van der Waals surface area contributed by atoms with Crippen LogP contribution >= 0.6 is 0 Å². The zero-order chi connectivity index (χ0) is 25.5. The van der Waals surface area contributed by atoms with Crippen molar-refractivity contribution >= 4 is 0 Å². The van der Waals surface area contributed by atoms with Gasteiger partial charge in [-0.3, -0.25) is 13.9 Å². The Balaban J connectivity index is 2.04. The van der Waals surface area contributed by atoms with E-state index in [1.54, 1.807) is 26.0 Å². The molecule has 178 valence electrons. The molecule has 0 unspecified atom stereocenters. The van der Waals surface area contributed by atoms with Crippen LogP contribution in [0.3, 0.4) is 0 Å². The number of benzene rings is 1. The lowest BCUT2D eigenvalue weighted by molar-refractivity contribution is -0.137. The van der Waals surface area contributed by atoms with Gasteiger partial charge in [0.25, 0.3) is 5.56 Å². The number of halogens is 3. The van der Waals surface area contributed by atoms with Gasteiger partial charge in [0.05, 0.1) is 40.6 Å². The van der Waals surface area contributed by atoms with Crippen LogP contribution in [0.15, 0.2) is 64.4 Å². The van der Waals surface area contributed by atoms with Crippen molar-refractivity contribution in [3.63, 3.8) is 0 Å². The van der Waals surface area contributed by atoms with Gasteiger partial charge in [-0.2, -0.15) is 23.5 Å². The summed E-state index contributed by atoms with van der Waals surface area (Å²) in [5.74, 6) is 0. The quantitative estimate of drug-likeness (QED) is 0.439. The molecule has 0 atom stereocenters. The fourth-order valence-electron chi connectivity index (χ4n) is 3.88. The van der Waals surface area contributed by atoms with Crippen molar-refractivity contribution in [3.8, 4) is 28.7 Å². The van der Waals surface area contributed by atoms with Crippen molar-refractivity contribution in [3.05, 3.63) is 92.6 Å². The van der Waals surface area contributed by atoms with Crippen LogP contribution in [0.5, 0.6) is 0 Å². The normalized spacial score (nSPS) is 11.6. The third kappa shape index (κ3) is 4.14. The minimum Gasteiger partial charge on any atom is -0.268 e. The standard InChI is InChI=1S/C24H19F3N6O2/c1-14(2)31-22(34)21(20-9-10-30-33(20)19-8-7-17(12-28)29-13-19)15(3)32(23(31)35)18-6-4-5-16(11-18)24(25,26)27/h4-11,13-14H,1-3H3. The maximum atomic E-state index is 13.5. The van der Waals surface area contributed by atoms with Crippen LogP contribution < -0.4 is 11.2 Å². The van der Waals surface area contributed by atoms with E-state index in [9.17, 15) is 22.8 Å². The molecule has 1 aromatic carbocycles. The van der Waals surface area contributed by atoms with Gasteiger partial charge in [0.1, 0.15) is 11.8 Å². The van der Waals surface area contributed by atoms with E-state index in [0.717, 1.165) is 21.3 Å². The number of aromatic nitrogens is 5. The van der Waals surface area contributed by atoms with Gasteiger partial charge in [-0.1, -0.05) is 6.07 Å².